The van der Waals surface area contributed by atoms with Crippen LogP contribution in [-0.4, -0.2) is 105 Å². The lowest BCUT2D eigenvalue weighted by molar-refractivity contribution is -0.0755. The van der Waals surface area contributed by atoms with Crippen LogP contribution in [0, 0.1) is 5.41 Å². The Morgan fingerprint density at radius 2 is 1.23 bits per heavy atom. The van der Waals surface area contributed by atoms with Gasteiger partial charge in [-0.3, -0.25) is 0 Å². The first-order chi connectivity index (χ1) is 12.8. The summed E-state index contributed by atoms with van der Waals surface area (Å²) >= 11 is 0. The summed E-state index contributed by atoms with van der Waals surface area (Å²) in [6, 6.07) is 0. The number of rotatable bonds is 10. The van der Waals surface area contributed by atoms with Crippen molar-refractivity contribution in [2.45, 2.75) is 13.0 Å². The van der Waals surface area contributed by atoms with Crippen LogP contribution in [0.2, 0.25) is 0 Å². The molecule has 2 saturated heterocycles. The first-order valence-electron chi connectivity index (χ1n) is 9.44. The van der Waals surface area contributed by atoms with Gasteiger partial charge in [0.1, 0.15) is 6.10 Å². The second kappa shape index (κ2) is 13.8. The molecule has 8 heteroatoms. The van der Waals surface area contributed by atoms with Gasteiger partial charge < -0.3 is 37.9 Å². The van der Waals surface area contributed by atoms with Crippen molar-refractivity contribution < 1.29 is 37.9 Å². The fourth-order valence-corrected chi connectivity index (χ4v) is 2.36. The molecule has 2 rings (SSSR count). The molecule has 0 spiro atoms. The molecular weight excluding hydrogens is 344 g/mol. The van der Waals surface area contributed by atoms with E-state index in [2.05, 4.69) is 6.92 Å². The summed E-state index contributed by atoms with van der Waals surface area (Å²) in [4.78, 5) is 0. The Bertz CT molecular complexity index is 323. The molecule has 0 aromatic rings. The summed E-state index contributed by atoms with van der Waals surface area (Å²) in [6.45, 7) is 10.9. The highest BCUT2D eigenvalue weighted by Crippen LogP contribution is 2.18. The number of epoxide rings is 1. The molecule has 2 fully saturated rings. The van der Waals surface area contributed by atoms with Gasteiger partial charge in [0.15, 0.2) is 0 Å². The van der Waals surface area contributed by atoms with Crippen molar-refractivity contribution in [1.29, 1.82) is 0 Å². The number of hydrogen-bond donors (Lipinski definition) is 0. The van der Waals surface area contributed by atoms with Crippen LogP contribution in [0.4, 0.5) is 0 Å². The molecule has 0 amide bonds. The maximum absolute atomic E-state index is 5.77. The van der Waals surface area contributed by atoms with Gasteiger partial charge in [0.25, 0.3) is 0 Å². The lowest BCUT2D eigenvalue weighted by Crippen LogP contribution is -2.35. The number of hydrogen-bond acceptors (Lipinski definition) is 8. The van der Waals surface area contributed by atoms with E-state index in [-0.39, 0.29) is 5.41 Å². The third kappa shape index (κ3) is 11.4. The smallest absolute Gasteiger partial charge is 0.104 e. The minimum atomic E-state index is -0.207. The van der Waals surface area contributed by atoms with E-state index in [1.165, 1.54) is 0 Å². The van der Waals surface area contributed by atoms with E-state index in [0.717, 1.165) is 6.61 Å². The molecule has 2 aliphatic rings. The highest BCUT2D eigenvalue weighted by atomic mass is 16.6. The standard InChI is InChI=1S/C18H34O8/c1-18(14-23-9-5-19-2-3-20-6-10-24-15-18)16-25-11-7-21-4-8-22-12-17-13-26-17/h17H,2-16H2,1H3. The Kier molecular flexibility index (Phi) is 11.7. The molecule has 0 saturated carbocycles. The molecule has 0 aromatic carbocycles. The number of ether oxygens (including phenoxy) is 8. The minimum Gasteiger partial charge on any atom is -0.378 e. The van der Waals surface area contributed by atoms with Crippen LogP contribution in [0.5, 0.6) is 0 Å². The third-order valence-electron chi connectivity index (χ3n) is 3.92. The second-order valence-electron chi connectivity index (χ2n) is 6.84. The molecule has 0 N–H and O–H groups in total. The van der Waals surface area contributed by atoms with Gasteiger partial charge in [-0.15, -0.1) is 0 Å². The maximum Gasteiger partial charge on any atom is 0.104 e. The van der Waals surface area contributed by atoms with E-state index in [1.807, 2.05) is 0 Å². The molecule has 0 radical (unpaired) electrons. The molecule has 2 aliphatic heterocycles. The van der Waals surface area contributed by atoms with Crippen LogP contribution in [0.25, 0.3) is 0 Å². The van der Waals surface area contributed by atoms with Gasteiger partial charge >= 0.3 is 0 Å². The molecule has 0 bridgehead atoms. The molecular formula is C18H34O8. The average molecular weight is 378 g/mol. The van der Waals surface area contributed by atoms with Crippen LogP contribution >= 0.6 is 0 Å². The Hall–Kier alpha value is -0.320. The van der Waals surface area contributed by atoms with Crippen LogP contribution in [-0.2, 0) is 37.9 Å². The van der Waals surface area contributed by atoms with E-state index in [9.17, 15) is 0 Å². The van der Waals surface area contributed by atoms with Crippen molar-refractivity contribution in [3.8, 4) is 0 Å². The zero-order valence-electron chi connectivity index (χ0n) is 15.9. The summed E-state index contributed by atoms with van der Waals surface area (Å²) in [7, 11) is 0. The van der Waals surface area contributed by atoms with E-state index < -0.39 is 0 Å². The highest BCUT2D eigenvalue weighted by molar-refractivity contribution is 4.73. The lowest BCUT2D eigenvalue weighted by atomic mass is 9.94. The van der Waals surface area contributed by atoms with E-state index in [0.29, 0.717) is 98.6 Å². The van der Waals surface area contributed by atoms with Gasteiger partial charge in [-0.25, -0.2) is 0 Å². The SMILES string of the molecule is CC1(COCCOCCOCC2CO2)COCCOCCOCCOC1. The lowest BCUT2D eigenvalue weighted by Gasteiger charge is -2.29. The summed E-state index contributed by atoms with van der Waals surface area (Å²) < 4.78 is 44.1. The van der Waals surface area contributed by atoms with Crippen molar-refractivity contribution in [2.75, 3.05) is 99.1 Å². The molecule has 154 valence electrons. The van der Waals surface area contributed by atoms with Crippen molar-refractivity contribution >= 4 is 0 Å². The maximum atomic E-state index is 5.77. The van der Waals surface area contributed by atoms with Crippen molar-refractivity contribution in [2.24, 2.45) is 5.41 Å². The first kappa shape index (κ1) is 22.0. The van der Waals surface area contributed by atoms with Gasteiger partial charge in [-0.1, -0.05) is 6.92 Å². The molecule has 1 atom stereocenters. The van der Waals surface area contributed by atoms with Gasteiger partial charge in [0.05, 0.1) is 99.1 Å². The van der Waals surface area contributed by atoms with E-state index >= 15 is 0 Å². The third-order valence-corrected chi connectivity index (χ3v) is 3.92. The molecule has 0 aromatic heterocycles. The summed E-state index contributed by atoms with van der Waals surface area (Å²) in [5.74, 6) is 0. The largest absolute Gasteiger partial charge is 0.378 e. The fraction of sp³-hybridized carbons (Fsp3) is 1.00. The Morgan fingerprint density at radius 1 is 0.731 bits per heavy atom. The fourth-order valence-electron chi connectivity index (χ4n) is 2.36. The van der Waals surface area contributed by atoms with Gasteiger partial charge in [-0.2, -0.15) is 0 Å². The molecule has 1 unspecified atom stereocenters. The Balaban J connectivity index is 1.51. The van der Waals surface area contributed by atoms with Crippen LogP contribution in [0.1, 0.15) is 6.92 Å². The Morgan fingerprint density at radius 3 is 1.81 bits per heavy atom. The van der Waals surface area contributed by atoms with Crippen molar-refractivity contribution in [3.63, 3.8) is 0 Å². The predicted octanol–water partition coefficient (Wildman–Crippen LogP) is 0.521. The van der Waals surface area contributed by atoms with Crippen molar-refractivity contribution in [3.05, 3.63) is 0 Å². The monoisotopic (exact) mass is 378 g/mol. The summed E-state index contributed by atoms with van der Waals surface area (Å²) in [5.41, 5.74) is -0.207. The van der Waals surface area contributed by atoms with Crippen LogP contribution in [0.3, 0.4) is 0 Å². The molecule has 2 heterocycles. The minimum absolute atomic E-state index is 0.207. The summed E-state index contributed by atoms with van der Waals surface area (Å²) in [6.07, 6.45) is 0.303. The topological polar surface area (TPSA) is 77.1 Å². The average Bonchev–Trinajstić information content (AvgIpc) is 3.45. The van der Waals surface area contributed by atoms with Crippen LogP contribution in [0.15, 0.2) is 0 Å². The van der Waals surface area contributed by atoms with Crippen molar-refractivity contribution in [1.82, 2.24) is 0 Å². The van der Waals surface area contributed by atoms with Gasteiger partial charge in [0, 0.05) is 5.41 Å². The van der Waals surface area contributed by atoms with Crippen LogP contribution < -0.4 is 0 Å². The second-order valence-corrected chi connectivity index (χ2v) is 6.84. The summed E-state index contributed by atoms with van der Waals surface area (Å²) in [5, 5.41) is 0. The zero-order chi connectivity index (χ0) is 18.3. The Labute approximate surface area is 156 Å². The molecule has 8 nitrogen and oxygen atoms in total. The highest BCUT2D eigenvalue weighted by Gasteiger charge is 2.26. The van der Waals surface area contributed by atoms with E-state index in [1.54, 1.807) is 0 Å². The predicted molar refractivity (Wildman–Crippen MR) is 93.6 cm³/mol. The first-order valence-corrected chi connectivity index (χ1v) is 9.44. The molecule has 26 heavy (non-hydrogen) atoms. The van der Waals surface area contributed by atoms with Gasteiger partial charge in [0.2, 0.25) is 0 Å². The quantitative estimate of drug-likeness (QED) is 0.402. The van der Waals surface area contributed by atoms with E-state index in [4.69, 9.17) is 37.9 Å². The normalized spacial score (nSPS) is 25.0. The van der Waals surface area contributed by atoms with Gasteiger partial charge in [-0.05, 0) is 0 Å². The zero-order valence-corrected chi connectivity index (χ0v) is 15.9. The molecule has 0 aliphatic carbocycles.